The quantitative estimate of drug-likeness (QED) is 0.833. The molecule has 7 nitrogen and oxygen atoms in total. The van der Waals surface area contributed by atoms with Crippen LogP contribution >= 0.6 is 0 Å². The van der Waals surface area contributed by atoms with Crippen LogP contribution in [0.4, 0.5) is 5.69 Å². The number of hydrazine groups is 1. The zero-order chi connectivity index (χ0) is 17.6. The van der Waals surface area contributed by atoms with Gasteiger partial charge in [-0.15, -0.1) is 0 Å². The summed E-state index contributed by atoms with van der Waals surface area (Å²) in [6.07, 6.45) is 3.96. The molecule has 25 heavy (non-hydrogen) atoms. The largest absolute Gasteiger partial charge is 0.312 e. The molecule has 0 atom stereocenters. The summed E-state index contributed by atoms with van der Waals surface area (Å²) in [6, 6.07) is 11.6. The van der Waals surface area contributed by atoms with Crippen LogP contribution in [0.3, 0.4) is 0 Å². The molecule has 2 N–H and O–H groups in total. The van der Waals surface area contributed by atoms with Crippen molar-refractivity contribution in [2.45, 2.75) is 19.3 Å². The van der Waals surface area contributed by atoms with E-state index in [-0.39, 0.29) is 11.6 Å². The number of piperidine rings is 1. The van der Waals surface area contributed by atoms with Crippen LogP contribution in [0.2, 0.25) is 0 Å². The lowest BCUT2D eigenvalue weighted by atomic mass is 10.1. The summed E-state index contributed by atoms with van der Waals surface area (Å²) >= 11 is 0. The predicted molar refractivity (Wildman–Crippen MR) is 91.8 cm³/mol. The lowest BCUT2D eigenvalue weighted by Crippen LogP contribution is -2.42. The fourth-order valence-electron chi connectivity index (χ4n) is 2.62. The van der Waals surface area contributed by atoms with Gasteiger partial charge in [-0.1, -0.05) is 6.07 Å². The molecule has 0 aliphatic carbocycles. The van der Waals surface area contributed by atoms with Crippen LogP contribution in [0.15, 0.2) is 48.7 Å². The van der Waals surface area contributed by atoms with Crippen LogP contribution in [0.25, 0.3) is 0 Å². The summed E-state index contributed by atoms with van der Waals surface area (Å²) in [5, 5.41) is 0. The lowest BCUT2D eigenvalue weighted by molar-refractivity contribution is -0.119. The number of aromatic nitrogens is 1. The number of hydrogen-bond acceptors (Lipinski definition) is 4. The average molecular weight is 338 g/mol. The molecule has 1 aromatic heterocycles. The molecule has 1 saturated heterocycles. The number of hydrogen-bond donors (Lipinski definition) is 2. The highest BCUT2D eigenvalue weighted by molar-refractivity contribution is 5.99. The normalized spacial score (nSPS) is 14.1. The number of carbonyl (C=O) groups is 3. The van der Waals surface area contributed by atoms with Gasteiger partial charge < -0.3 is 4.90 Å². The molecule has 7 heteroatoms. The van der Waals surface area contributed by atoms with E-state index in [4.69, 9.17) is 0 Å². The Morgan fingerprint density at radius 2 is 1.72 bits per heavy atom. The Morgan fingerprint density at radius 3 is 2.40 bits per heavy atom. The number of carbonyl (C=O) groups excluding carboxylic acids is 3. The number of anilines is 1. The second kappa shape index (κ2) is 7.57. The van der Waals surface area contributed by atoms with Crippen molar-refractivity contribution < 1.29 is 14.4 Å². The molecule has 2 heterocycles. The number of amides is 3. The summed E-state index contributed by atoms with van der Waals surface area (Å²) in [6.45, 7) is 0.699. The summed E-state index contributed by atoms with van der Waals surface area (Å²) in [5.74, 6) is -0.837. The third kappa shape index (κ3) is 4.00. The van der Waals surface area contributed by atoms with Crippen LogP contribution in [0.5, 0.6) is 0 Å². The Morgan fingerprint density at radius 1 is 0.960 bits per heavy atom. The highest BCUT2D eigenvalue weighted by atomic mass is 16.2. The van der Waals surface area contributed by atoms with E-state index in [1.807, 2.05) is 0 Å². The predicted octanol–water partition coefficient (Wildman–Crippen LogP) is 1.67. The van der Waals surface area contributed by atoms with Crippen molar-refractivity contribution in [3.8, 4) is 0 Å². The Balaban J connectivity index is 1.59. The smallest absolute Gasteiger partial charge is 0.288 e. The molecule has 3 amide bonds. The highest BCUT2D eigenvalue weighted by Crippen LogP contribution is 2.21. The van der Waals surface area contributed by atoms with Crippen LogP contribution in [0.1, 0.15) is 40.1 Å². The van der Waals surface area contributed by atoms with E-state index < -0.39 is 11.8 Å². The number of pyridine rings is 1. The molecule has 0 radical (unpaired) electrons. The first-order valence-electron chi connectivity index (χ1n) is 8.07. The molecule has 0 unspecified atom stereocenters. The molecule has 0 saturated carbocycles. The van der Waals surface area contributed by atoms with E-state index in [1.165, 1.54) is 6.20 Å². The molecule has 0 bridgehead atoms. The first-order valence-corrected chi connectivity index (χ1v) is 8.07. The van der Waals surface area contributed by atoms with Crippen LogP contribution in [-0.4, -0.2) is 29.3 Å². The topological polar surface area (TPSA) is 91.4 Å². The highest BCUT2D eigenvalue weighted by Gasteiger charge is 2.19. The zero-order valence-electron chi connectivity index (χ0n) is 13.6. The van der Waals surface area contributed by atoms with E-state index in [0.717, 1.165) is 18.5 Å². The van der Waals surface area contributed by atoms with E-state index in [0.29, 0.717) is 18.5 Å². The van der Waals surface area contributed by atoms with Crippen molar-refractivity contribution in [3.05, 3.63) is 59.9 Å². The maximum Gasteiger partial charge on any atom is 0.288 e. The fourth-order valence-corrected chi connectivity index (χ4v) is 2.62. The molecular formula is C18H18N4O3. The first-order chi connectivity index (χ1) is 12.1. The number of benzene rings is 1. The van der Waals surface area contributed by atoms with Gasteiger partial charge in [0.05, 0.1) is 0 Å². The van der Waals surface area contributed by atoms with Crippen LogP contribution in [-0.2, 0) is 4.79 Å². The maximum absolute atomic E-state index is 12.1. The minimum atomic E-state index is -0.496. The van der Waals surface area contributed by atoms with Gasteiger partial charge in [0.25, 0.3) is 11.8 Å². The van der Waals surface area contributed by atoms with Crippen molar-refractivity contribution in [3.63, 3.8) is 0 Å². The standard InChI is InChI=1S/C18H18N4O3/c23-16-6-2-4-12-22(16)14-9-7-13(8-10-14)17(24)20-21-18(25)15-5-1-3-11-19-15/h1,3,5,7-11H,2,4,6,12H2,(H,20,24)(H,21,25). The van der Waals surface area contributed by atoms with Gasteiger partial charge in [-0.05, 0) is 49.2 Å². The summed E-state index contributed by atoms with van der Waals surface area (Å²) in [7, 11) is 0. The Labute approximate surface area is 145 Å². The van der Waals surface area contributed by atoms with Gasteiger partial charge >= 0.3 is 0 Å². The second-order valence-corrected chi connectivity index (χ2v) is 5.67. The van der Waals surface area contributed by atoms with Crippen molar-refractivity contribution in [1.82, 2.24) is 15.8 Å². The molecule has 1 aliphatic rings. The average Bonchev–Trinajstić information content (AvgIpc) is 2.67. The Kier molecular flexibility index (Phi) is 5.03. The number of rotatable bonds is 3. The van der Waals surface area contributed by atoms with E-state index in [9.17, 15) is 14.4 Å². The Hall–Kier alpha value is -3.22. The van der Waals surface area contributed by atoms with Gasteiger partial charge in [-0.3, -0.25) is 30.2 Å². The van der Waals surface area contributed by atoms with Crippen molar-refractivity contribution >= 4 is 23.4 Å². The van der Waals surface area contributed by atoms with Crippen LogP contribution in [0, 0.1) is 0 Å². The van der Waals surface area contributed by atoms with Crippen LogP contribution < -0.4 is 15.8 Å². The molecule has 1 aliphatic heterocycles. The molecule has 3 rings (SSSR count). The van der Waals surface area contributed by atoms with Gasteiger partial charge in [0.1, 0.15) is 5.69 Å². The molecule has 128 valence electrons. The number of nitrogens with one attached hydrogen (secondary N) is 2. The van der Waals surface area contributed by atoms with Crippen molar-refractivity contribution in [2.24, 2.45) is 0 Å². The van der Waals surface area contributed by atoms with Gasteiger partial charge in [0, 0.05) is 30.4 Å². The second-order valence-electron chi connectivity index (χ2n) is 5.67. The maximum atomic E-state index is 12.1. The lowest BCUT2D eigenvalue weighted by Gasteiger charge is -2.26. The molecule has 1 fully saturated rings. The van der Waals surface area contributed by atoms with Gasteiger partial charge in [-0.2, -0.15) is 0 Å². The SMILES string of the molecule is O=C(NNC(=O)c1ccccn1)c1ccc(N2CCCCC2=O)cc1. The van der Waals surface area contributed by atoms with E-state index >= 15 is 0 Å². The molecule has 0 spiro atoms. The van der Waals surface area contributed by atoms with Gasteiger partial charge in [0.15, 0.2) is 0 Å². The summed E-state index contributed by atoms with van der Waals surface area (Å²) in [5.41, 5.74) is 6.03. The minimum Gasteiger partial charge on any atom is -0.312 e. The van der Waals surface area contributed by atoms with E-state index in [1.54, 1.807) is 47.4 Å². The summed E-state index contributed by atoms with van der Waals surface area (Å²) < 4.78 is 0. The summed E-state index contributed by atoms with van der Waals surface area (Å²) in [4.78, 5) is 41.5. The minimum absolute atomic E-state index is 0.103. The third-order valence-corrected chi connectivity index (χ3v) is 3.95. The van der Waals surface area contributed by atoms with Crippen molar-refractivity contribution in [1.29, 1.82) is 0 Å². The molecular weight excluding hydrogens is 320 g/mol. The monoisotopic (exact) mass is 338 g/mol. The molecule has 1 aromatic carbocycles. The zero-order valence-corrected chi connectivity index (χ0v) is 13.6. The van der Waals surface area contributed by atoms with Gasteiger partial charge in [-0.25, -0.2) is 0 Å². The third-order valence-electron chi connectivity index (χ3n) is 3.95. The Bertz CT molecular complexity index is 775. The van der Waals surface area contributed by atoms with E-state index in [2.05, 4.69) is 15.8 Å². The number of nitrogens with zero attached hydrogens (tertiary/aromatic N) is 2. The first kappa shape index (κ1) is 16.6. The van der Waals surface area contributed by atoms with Crippen molar-refractivity contribution in [2.75, 3.05) is 11.4 Å². The molecule has 2 aromatic rings. The fraction of sp³-hybridized carbons (Fsp3) is 0.222. The van der Waals surface area contributed by atoms with Gasteiger partial charge in [0.2, 0.25) is 5.91 Å².